The molecule has 2 aromatic carbocycles. The predicted octanol–water partition coefficient (Wildman–Crippen LogP) is 3.85. The Bertz CT molecular complexity index is 893. The van der Waals surface area contributed by atoms with Gasteiger partial charge in [-0.3, -0.25) is 4.79 Å². The van der Waals surface area contributed by atoms with E-state index in [0.29, 0.717) is 24.3 Å². The van der Waals surface area contributed by atoms with Gasteiger partial charge in [0, 0.05) is 12.1 Å². The SMILES string of the molecule is CCOc1ccc(-c2nnc(SCC(=O)NCc3ccccc3C)o2)cc1. The maximum atomic E-state index is 12.0. The van der Waals surface area contributed by atoms with Crippen LogP contribution in [0.5, 0.6) is 5.75 Å². The maximum Gasteiger partial charge on any atom is 0.277 e. The lowest BCUT2D eigenvalue weighted by Gasteiger charge is -2.06. The Hall–Kier alpha value is -2.80. The number of carbonyl (C=O) groups is 1. The number of rotatable bonds is 8. The lowest BCUT2D eigenvalue weighted by atomic mass is 10.1. The Morgan fingerprint density at radius 2 is 1.93 bits per heavy atom. The molecular weight excluding hydrogens is 362 g/mol. The van der Waals surface area contributed by atoms with E-state index in [1.165, 1.54) is 11.8 Å². The second kappa shape index (κ2) is 9.23. The zero-order valence-corrected chi connectivity index (χ0v) is 16.1. The fraction of sp³-hybridized carbons (Fsp3) is 0.250. The molecular formula is C20H21N3O3S. The first-order valence-electron chi connectivity index (χ1n) is 8.66. The minimum Gasteiger partial charge on any atom is -0.494 e. The minimum absolute atomic E-state index is 0.0796. The van der Waals surface area contributed by atoms with Crippen molar-refractivity contribution in [2.24, 2.45) is 0 Å². The molecule has 1 heterocycles. The summed E-state index contributed by atoms with van der Waals surface area (Å²) in [6.45, 7) is 5.09. The number of thioether (sulfide) groups is 1. The van der Waals surface area contributed by atoms with Crippen LogP contribution < -0.4 is 10.1 Å². The molecule has 0 saturated carbocycles. The van der Waals surface area contributed by atoms with Crippen molar-refractivity contribution in [2.75, 3.05) is 12.4 Å². The molecule has 0 atom stereocenters. The number of hydrogen-bond acceptors (Lipinski definition) is 6. The number of nitrogens with one attached hydrogen (secondary N) is 1. The van der Waals surface area contributed by atoms with Crippen molar-refractivity contribution in [3.63, 3.8) is 0 Å². The molecule has 1 aromatic heterocycles. The quantitative estimate of drug-likeness (QED) is 0.595. The molecule has 0 spiro atoms. The normalized spacial score (nSPS) is 10.6. The van der Waals surface area contributed by atoms with E-state index < -0.39 is 0 Å². The molecule has 0 fully saturated rings. The first-order chi connectivity index (χ1) is 13.2. The number of benzene rings is 2. The van der Waals surface area contributed by atoms with E-state index in [-0.39, 0.29) is 11.7 Å². The Kier molecular flexibility index (Phi) is 6.49. The number of nitrogens with zero attached hydrogens (tertiary/aromatic N) is 2. The largest absolute Gasteiger partial charge is 0.494 e. The van der Waals surface area contributed by atoms with Crippen LogP contribution in [-0.4, -0.2) is 28.5 Å². The Morgan fingerprint density at radius 3 is 2.67 bits per heavy atom. The summed E-state index contributed by atoms with van der Waals surface area (Å²) in [5, 5.41) is 11.3. The van der Waals surface area contributed by atoms with Crippen molar-refractivity contribution < 1.29 is 13.9 Å². The Morgan fingerprint density at radius 1 is 1.15 bits per heavy atom. The summed E-state index contributed by atoms with van der Waals surface area (Å²) in [4.78, 5) is 12.0. The van der Waals surface area contributed by atoms with Gasteiger partial charge in [0.2, 0.25) is 11.8 Å². The highest BCUT2D eigenvalue weighted by atomic mass is 32.2. The smallest absolute Gasteiger partial charge is 0.277 e. The molecule has 1 amide bonds. The molecule has 0 radical (unpaired) electrons. The fourth-order valence-corrected chi connectivity index (χ4v) is 3.02. The molecule has 140 valence electrons. The third kappa shape index (κ3) is 5.34. The van der Waals surface area contributed by atoms with Crippen molar-refractivity contribution in [3.8, 4) is 17.2 Å². The van der Waals surface area contributed by atoms with E-state index >= 15 is 0 Å². The molecule has 0 unspecified atom stereocenters. The van der Waals surface area contributed by atoms with Gasteiger partial charge in [-0.05, 0) is 49.2 Å². The third-order valence-corrected chi connectivity index (χ3v) is 4.70. The van der Waals surface area contributed by atoms with E-state index in [9.17, 15) is 4.79 Å². The second-order valence-electron chi connectivity index (χ2n) is 5.82. The van der Waals surface area contributed by atoms with Crippen LogP contribution in [0.25, 0.3) is 11.5 Å². The highest BCUT2D eigenvalue weighted by Crippen LogP contribution is 2.24. The molecule has 0 aliphatic heterocycles. The van der Waals surface area contributed by atoms with Crippen molar-refractivity contribution in [1.29, 1.82) is 0 Å². The topological polar surface area (TPSA) is 77.2 Å². The van der Waals surface area contributed by atoms with Gasteiger partial charge in [0.15, 0.2) is 0 Å². The standard InChI is InChI=1S/C20H21N3O3S/c1-3-25-17-10-8-15(9-11-17)19-22-23-20(26-19)27-13-18(24)21-12-16-7-5-4-6-14(16)2/h4-11H,3,12-13H2,1-2H3,(H,21,24). The summed E-state index contributed by atoms with van der Waals surface area (Å²) in [6.07, 6.45) is 0. The molecule has 0 saturated heterocycles. The van der Waals surface area contributed by atoms with Gasteiger partial charge in [0.05, 0.1) is 12.4 Å². The maximum absolute atomic E-state index is 12.0. The zero-order chi connectivity index (χ0) is 19.1. The fourth-order valence-electron chi connectivity index (χ4n) is 2.43. The predicted molar refractivity (Wildman–Crippen MR) is 105 cm³/mol. The van der Waals surface area contributed by atoms with Gasteiger partial charge >= 0.3 is 0 Å². The molecule has 7 heteroatoms. The minimum atomic E-state index is -0.0796. The van der Waals surface area contributed by atoms with Crippen LogP contribution in [0, 0.1) is 6.92 Å². The number of ether oxygens (including phenoxy) is 1. The summed E-state index contributed by atoms with van der Waals surface area (Å²) in [5.41, 5.74) is 3.07. The van der Waals surface area contributed by atoms with E-state index in [0.717, 1.165) is 22.4 Å². The van der Waals surface area contributed by atoms with Gasteiger partial charge in [0.25, 0.3) is 5.22 Å². The Labute approximate surface area is 162 Å². The average molecular weight is 383 g/mol. The van der Waals surface area contributed by atoms with Gasteiger partial charge in [-0.25, -0.2) is 0 Å². The zero-order valence-electron chi connectivity index (χ0n) is 15.3. The highest BCUT2D eigenvalue weighted by molar-refractivity contribution is 7.99. The molecule has 0 aliphatic carbocycles. The highest BCUT2D eigenvalue weighted by Gasteiger charge is 2.11. The summed E-state index contributed by atoms with van der Waals surface area (Å²) in [7, 11) is 0. The number of aromatic nitrogens is 2. The molecule has 0 bridgehead atoms. The van der Waals surface area contributed by atoms with Gasteiger partial charge in [-0.1, -0.05) is 36.0 Å². The van der Waals surface area contributed by atoms with Crippen molar-refractivity contribution >= 4 is 17.7 Å². The molecule has 1 N–H and O–H groups in total. The monoisotopic (exact) mass is 383 g/mol. The molecule has 6 nitrogen and oxygen atoms in total. The van der Waals surface area contributed by atoms with Crippen LogP contribution in [-0.2, 0) is 11.3 Å². The van der Waals surface area contributed by atoms with Crippen molar-refractivity contribution in [2.45, 2.75) is 25.6 Å². The molecule has 27 heavy (non-hydrogen) atoms. The van der Waals surface area contributed by atoms with E-state index in [1.807, 2.05) is 62.4 Å². The molecule has 3 aromatic rings. The van der Waals surface area contributed by atoms with Crippen LogP contribution >= 0.6 is 11.8 Å². The first kappa shape index (κ1) is 19.0. The van der Waals surface area contributed by atoms with Crippen molar-refractivity contribution in [3.05, 3.63) is 59.7 Å². The van der Waals surface area contributed by atoms with Crippen LogP contribution in [0.4, 0.5) is 0 Å². The first-order valence-corrected chi connectivity index (χ1v) is 9.65. The second-order valence-corrected chi connectivity index (χ2v) is 6.75. The van der Waals surface area contributed by atoms with Crippen LogP contribution in [0.2, 0.25) is 0 Å². The number of amides is 1. The molecule has 0 aliphatic rings. The van der Waals surface area contributed by atoms with E-state index in [2.05, 4.69) is 15.5 Å². The summed E-state index contributed by atoms with van der Waals surface area (Å²) < 4.78 is 11.0. The van der Waals surface area contributed by atoms with E-state index in [4.69, 9.17) is 9.15 Å². The van der Waals surface area contributed by atoms with Crippen LogP contribution in [0.3, 0.4) is 0 Å². The lowest BCUT2D eigenvalue weighted by molar-refractivity contribution is -0.118. The van der Waals surface area contributed by atoms with Gasteiger partial charge in [-0.2, -0.15) is 0 Å². The lowest BCUT2D eigenvalue weighted by Crippen LogP contribution is -2.24. The summed E-state index contributed by atoms with van der Waals surface area (Å²) in [6, 6.07) is 15.4. The van der Waals surface area contributed by atoms with E-state index in [1.54, 1.807) is 0 Å². The van der Waals surface area contributed by atoms with Crippen molar-refractivity contribution in [1.82, 2.24) is 15.5 Å². The summed E-state index contributed by atoms with van der Waals surface area (Å²) in [5.74, 6) is 1.35. The van der Waals surface area contributed by atoms with Crippen LogP contribution in [0.15, 0.2) is 58.2 Å². The van der Waals surface area contributed by atoms with Crippen LogP contribution in [0.1, 0.15) is 18.1 Å². The molecule has 3 rings (SSSR count). The third-order valence-electron chi connectivity index (χ3n) is 3.88. The van der Waals surface area contributed by atoms with Gasteiger partial charge in [-0.15, -0.1) is 10.2 Å². The van der Waals surface area contributed by atoms with Gasteiger partial charge in [0.1, 0.15) is 5.75 Å². The average Bonchev–Trinajstić information content (AvgIpc) is 3.16. The number of aryl methyl sites for hydroxylation is 1. The van der Waals surface area contributed by atoms with Gasteiger partial charge < -0.3 is 14.5 Å². The Balaban J connectivity index is 1.50. The number of hydrogen-bond donors (Lipinski definition) is 1. The number of carbonyl (C=O) groups excluding carboxylic acids is 1. The summed E-state index contributed by atoms with van der Waals surface area (Å²) >= 11 is 1.22.